The molecule has 2 aromatic carbocycles. The number of anilines is 2. The molecule has 0 saturated carbocycles. The smallest absolute Gasteiger partial charge is 0.276 e. The van der Waals surface area contributed by atoms with Crippen molar-refractivity contribution in [2.45, 2.75) is 18.8 Å². The van der Waals surface area contributed by atoms with E-state index in [1.165, 1.54) is 24.5 Å². The zero-order chi connectivity index (χ0) is 27.3. The Morgan fingerprint density at radius 2 is 1.61 bits per heavy atom. The molecule has 9 nitrogen and oxygen atoms in total. The number of nitrogens with one attached hydrogen (secondary N) is 4. The predicted molar refractivity (Wildman–Crippen MR) is 135 cm³/mol. The van der Waals surface area contributed by atoms with Crippen LogP contribution in [-0.2, 0) is 0 Å². The minimum atomic E-state index is -2.63. The molecule has 1 aliphatic heterocycles. The molecule has 0 atom stereocenters. The molecule has 3 amide bonds. The van der Waals surface area contributed by atoms with Crippen molar-refractivity contribution in [3.8, 4) is 0 Å². The van der Waals surface area contributed by atoms with Crippen LogP contribution in [-0.4, -0.2) is 64.7 Å². The van der Waals surface area contributed by atoms with Gasteiger partial charge in [-0.2, -0.15) is 0 Å². The standard InChI is InChI=1S/C25H24ClF3N6O3/c26-19-13-15(27)1-6-18(19)22(36)33-16-2-4-17(5-3-16)34-24(38)21-20(31-14-32-21)23(37)30-9-12-35-10-7-25(28,29)8-11-35/h1-6,13-14H,7-12H2,(H,30,37)(H,31,32)(H,33,36)(H,34,38). The minimum absolute atomic E-state index is 0.0265. The number of hydrogen-bond acceptors (Lipinski definition) is 5. The Labute approximate surface area is 220 Å². The van der Waals surface area contributed by atoms with Crippen LogP contribution in [0.1, 0.15) is 44.2 Å². The Kier molecular flexibility index (Phi) is 8.32. The lowest BCUT2D eigenvalue weighted by molar-refractivity contribution is -0.0547. The summed E-state index contributed by atoms with van der Waals surface area (Å²) < 4.78 is 39.7. The third-order valence-electron chi connectivity index (χ3n) is 5.96. The second-order valence-electron chi connectivity index (χ2n) is 8.69. The number of rotatable bonds is 8. The summed E-state index contributed by atoms with van der Waals surface area (Å²) in [6.45, 7) is 1.14. The molecule has 38 heavy (non-hydrogen) atoms. The van der Waals surface area contributed by atoms with Gasteiger partial charge in [-0.25, -0.2) is 18.2 Å². The summed E-state index contributed by atoms with van der Waals surface area (Å²) in [6.07, 6.45) is 0.805. The number of imidazole rings is 1. The number of carbonyl (C=O) groups is 3. The number of benzene rings is 2. The van der Waals surface area contributed by atoms with E-state index in [0.717, 1.165) is 12.1 Å². The highest BCUT2D eigenvalue weighted by molar-refractivity contribution is 6.34. The molecular weight excluding hydrogens is 525 g/mol. The maximum absolute atomic E-state index is 13.3. The van der Waals surface area contributed by atoms with E-state index in [4.69, 9.17) is 11.6 Å². The van der Waals surface area contributed by atoms with Crippen molar-refractivity contribution < 1.29 is 27.6 Å². The van der Waals surface area contributed by atoms with E-state index < -0.39 is 29.5 Å². The Hall–Kier alpha value is -3.90. The summed E-state index contributed by atoms with van der Waals surface area (Å²) in [5.74, 6) is -4.91. The van der Waals surface area contributed by atoms with Gasteiger partial charge in [0.1, 0.15) is 11.5 Å². The zero-order valence-corrected chi connectivity index (χ0v) is 20.7. The van der Waals surface area contributed by atoms with Crippen molar-refractivity contribution in [1.82, 2.24) is 20.2 Å². The first-order valence-corrected chi connectivity index (χ1v) is 12.1. The largest absolute Gasteiger partial charge is 0.349 e. The number of alkyl halides is 2. The second kappa shape index (κ2) is 11.7. The topological polar surface area (TPSA) is 119 Å². The fraction of sp³-hybridized carbons (Fsp3) is 0.280. The number of halogens is 4. The van der Waals surface area contributed by atoms with Gasteiger partial charge in [0.25, 0.3) is 23.6 Å². The summed E-state index contributed by atoms with van der Waals surface area (Å²) in [6, 6.07) is 9.59. The molecule has 1 aliphatic rings. The first-order chi connectivity index (χ1) is 18.1. The van der Waals surface area contributed by atoms with Crippen LogP contribution in [0.4, 0.5) is 24.5 Å². The molecule has 0 radical (unpaired) electrons. The van der Waals surface area contributed by atoms with Gasteiger partial charge in [-0.1, -0.05) is 11.6 Å². The number of aromatic nitrogens is 2. The van der Waals surface area contributed by atoms with E-state index in [0.29, 0.717) is 17.9 Å². The van der Waals surface area contributed by atoms with Gasteiger partial charge in [-0.3, -0.25) is 14.4 Å². The van der Waals surface area contributed by atoms with Crippen LogP contribution in [0.3, 0.4) is 0 Å². The van der Waals surface area contributed by atoms with Crippen LogP contribution < -0.4 is 16.0 Å². The molecule has 1 fully saturated rings. The molecule has 4 N–H and O–H groups in total. The van der Waals surface area contributed by atoms with Gasteiger partial charge in [0, 0.05) is 50.4 Å². The quantitative estimate of drug-likeness (QED) is 0.337. The van der Waals surface area contributed by atoms with Gasteiger partial charge >= 0.3 is 0 Å². The monoisotopic (exact) mass is 548 g/mol. The van der Waals surface area contributed by atoms with E-state index in [1.807, 2.05) is 4.90 Å². The van der Waals surface area contributed by atoms with Crippen LogP contribution in [0.15, 0.2) is 48.8 Å². The van der Waals surface area contributed by atoms with Crippen molar-refractivity contribution in [2.75, 3.05) is 36.8 Å². The molecular formula is C25H24ClF3N6O3. The van der Waals surface area contributed by atoms with Gasteiger partial charge in [-0.05, 0) is 42.5 Å². The first kappa shape index (κ1) is 27.1. The third-order valence-corrected chi connectivity index (χ3v) is 6.27. The van der Waals surface area contributed by atoms with E-state index in [1.54, 1.807) is 12.1 Å². The highest BCUT2D eigenvalue weighted by atomic mass is 35.5. The summed E-state index contributed by atoms with van der Waals surface area (Å²) in [5, 5.41) is 7.90. The summed E-state index contributed by atoms with van der Waals surface area (Å²) in [7, 11) is 0. The van der Waals surface area contributed by atoms with Crippen LogP contribution >= 0.6 is 11.6 Å². The van der Waals surface area contributed by atoms with Crippen molar-refractivity contribution in [3.05, 3.63) is 76.6 Å². The first-order valence-electron chi connectivity index (χ1n) is 11.7. The lowest BCUT2D eigenvalue weighted by atomic mass is 10.1. The maximum atomic E-state index is 13.3. The number of likely N-dealkylation sites (tertiary alicyclic amines) is 1. The van der Waals surface area contributed by atoms with Crippen molar-refractivity contribution >= 4 is 40.7 Å². The highest BCUT2D eigenvalue weighted by Crippen LogP contribution is 2.27. The van der Waals surface area contributed by atoms with Crippen molar-refractivity contribution in [2.24, 2.45) is 0 Å². The Bertz CT molecular complexity index is 1320. The van der Waals surface area contributed by atoms with Gasteiger partial charge in [-0.15, -0.1) is 0 Å². The predicted octanol–water partition coefficient (Wildman–Crippen LogP) is 4.17. The Morgan fingerprint density at radius 1 is 0.974 bits per heavy atom. The van der Waals surface area contributed by atoms with E-state index in [2.05, 4.69) is 25.9 Å². The molecule has 200 valence electrons. The van der Waals surface area contributed by atoms with E-state index >= 15 is 0 Å². The Balaban J connectivity index is 1.29. The van der Waals surface area contributed by atoms with Crippen LogP contribution in [0.5, 0.6) is 0 Å². The van der Waals surface area contributed by atoms with Gasteiger partial charge in [0.15, 0.2) is 5.69 Å². The van der Waals surface area contributed by atoms with Gasteiger partial charge < -0.3 is 25.8 Å². The number of nitrogens with zero attached hydrogens (tertiary/aromatic N) is 2. The molecule has 1 aromatic heterocycles. The second-order valence-corrected chi connectivity index (χ2v) is 9.10. The average Bonchev–Trinajstić information content (AvgIpc) is 3.36. The third kappa shape index (κ3) is 6.90. The lowest BCUT2D eigenvalue weighted by Crippen LogP contribution is -2.43. The summed E-state index contributed by atoms with van der Waals surface area (Å²) in [4.78, 5) is 46.1. The zero-order valence-electron chi connectivity index (χ0n) is 20.0. The molecule has 0 bridgehead atoms. The molecule has 0 spiro atoms. The van der Waals surface area contributed by atoms with E-state index in [9.17, 15) is 27.6 Å². The summed E-state index contributed by atoms with van der Waals surface area (Å²) in [5.41, 5.74) is 0.734. The maximum Gasteiger partial charge on any atom is 0.276 e. The number of hydrogen-bond donors (Lipinski definition) is 4. The Morgan fingerprint density at radius 3 is 2.24 bits per heavy atom. The number of carbonyl (C=O) groups excluding carboxylic acids is 3. The van der Waals surface area contributed by atoms with Crippen molar-refractivity contribution in [1.29, 1.82) is 0 Å². The van der Waals surface area contributed by atoms with Crippen LogP contribution in [0.2, 0.25) is 5.02 Å². The van der Waals surface area contributed by atoms with Gasteiger partial charge in [0.05, 0.1) is 16.9 Å². The molecule has 1 saturated heterocycles. The fourth-order valence-corrected chi connectivity index (χ4v) is 4.11. The minimum Gasteiger partial charge on any atom is -0.349 e. The number of H-pyrrole nitrogens is 1. The number of piperidine rings is 1. The molecule has 4 rings (SSSR count). The number of aromatic amines is 1. The fourth-order valence-electron chi connectivity index (χ4n) is 3.86. The van der Waals surface area contributed by atoms with Gasteiger partial charge in [0.2, 0.25) is 0 Å². The van der Waals surface area contributed by atoms with Crippen LogP contribution in [0.25, 0.3) is 0 Å². The molecule has 2 heterocycles. The highest BCUT2D eigenvalue weighted by Gasteiger charge is 2.33. The average molecular weight is 549 g/mol. The summed E-state index contributed by atoms with van der Waals surface area (Å²) >= 11 is 5.92. The normalized spacial score (nSPS) is 15.1. The molecule has 3 aromatic rings. The number of amides is 3. The molecule has 0 aliphatic carbocycles. The molecule has 0 unspecified atom stereocenters. The SMILES string of the molecule is O=C(Nc1ccc(NC(=O)c2nc[nH]c2C(=O)NCCN2CCC(F)(F)CC2)cc1)c1ccc(F)cc1Cl. The van der Waals surface area contributed by atoms with Crippen LogP contribution in [0, 0.1) is 5.82 Å². The van der Waals surface area contributed by atoms with E-state index in [-0.39, 0.29) is 54.4 Å². The molecule has 13 heteroatoms. The van der Waals surface area contributed by atoms with Crippen molar-refractivity contribution in [3.63, 3.8) is 0 Å². The lowest BCUT2D eigenvalue weighted by Gasteiger charge is -2.31.